The first kappa shape index (κ1) is 110. The molecule has 5 unspecified atom stereocenters. The van der Waals surface area contributed by atoms with Gasteiger partial charge in [0.2, 0.25) is 0 Å². The highest BCUT2D eigenvalue weighted by Gasteiger charge is 2.59. The Morgan fingerprint density at radius 1 is 0.250 bits per heavy atom. The van der Waals surface area contributed by atoms with Gasteiger partial charge in [-0.15, -0.1) is 0 Å². The zero-order valence-corrected chi connectivity index (χ0v) is 89.2. The summed E-state index contributed by atoms with van der Waals surface area (Å²) >= 11 is 0. The lowest BCUT2D eigenvalue weighted by Gasteiger charge is -2.53. The van der Waals surface area contributed by atoms with Gasteiger partial charge in [0, 0.05) is 178 Å². The van der Waals surface area contributed by atoms with Gasteiger partial charge >= 0.3 is 53.7 Å². The van der Waals surface area contributed by atoms with Crippen LogP contribution < -0.4 is 0 Å². The Balaban J connectivity index is 0.940. The number of piperidine rings is 7. The van der Waals surface area contributed by atoms with Gasteiger partial charge in [-0.25, -0.2) is 0 Å². The van der Waals surface area contributed by atoms with Crippen LogP contribution in [0, 0.1) is 45.8 Å². The Hall–Kier alpha value is -5.21. The molecule has 9 aliphatic rings. The second kappa shape index (κ2) is 39.1. The van der Waals surface area contributed by atoms with Gasteiger partial charge in [-0.05, 0) is 243 Å². The Morgan fingerprint density at radius 2 is 0.409 bits per heavy atom. The highest BCUT2D eigenvalue weighted by atomic mass is 16.7. The van der Waals surface area contributed by atoms with Gasteiger partial charge in [0.25, 0.3) is 0 Å². The molecule has 758 valence electrons. The van der Waals surface area contributed by atoms with E-state index in [2.05, 4.69) is 235 Å². The van der Waals surface area contributed by atoms with E-state index in [0.717, 1.165) is 0 Å². The lowest BCUT2D eigenvalue weighted by atomic mass is 9.76. The molecule has 1 spiro atoms. The van der Waals surface area contributed by atoms with Crippen molar-refractivity contribution in [1.82, 2.24) is 34.3 Å². The van der Waals surface area contributed by atoms with E-state index < -0.39 is 247 Å². The van der Waals surface area contributed by atoms with E-state index in [1.54, 1.807) is 0 Å². The molecule has 0 aromatic rings. The summed E-state index contributed by atoms with van der Waals surface area (Å²) in [4.78, 5) is 155. The molecule has 0 bridgehead atoms. The summed E-state index contributed by atoms with van der Waals surface area (Å²) in [5, 5.41) is 0. The van der Waals surface area contributed by atoms with Crippen LogP contribution in [0.2, 0.25) is 0 Å². The molecule has 0 aromatic heterocycles. The molecule has 0 saturated carbocycles. The molecule has 132 heavy (non-hydrogen) atoms. The summed E-state index contributed by atoms with van der Waals surface area (Å²) < 4.78 is 84.7. The highest BCUT2D eigenvalue weighted by molar-refractivity contribution is 5.92. The molecule has 9 fully saturated rings. The number of ether oxygens (including phenoxy) is 13. The van der Waals surface area contributed by atoms with Crippen molar-refractivity contribution in [3.8, 4) is 0 Å². The summed E-state index contributed by atoms with van der Waals surface area (Å²) in [6.45, 7) is 65.3. The first-order valence-corrected chi connectivity index (χ1v) is 49.1. The molecule has 0 aliphatic carbocycles. The van der Waals surface area contributed by atoms with Gasteiger partial charge in [0.15, 0.2) is 12.6 Å². The normalized spacial score (nSPS) is 29.1. The molecule has 29 nitrogen and oxygen atoms in total. The van der Waals surface area contributed by atoms with Gasteiger partial charge in [-0.2, -0.15) is 0 Å². The molecular weight excluding hydrogens is 1690 g/mol. The summed E-state index contributed by atoms with van der Waals surface area (Å²) in [5.41, 5.74) is -8.98. The number of hydrogen-bond donors (Lipinski definition) is 0. The minimum Gasteiger partial charge on any atom is -0.465 e. The summed E-state index contributed by atoms with van der Waals surface area (Å²) in [7, 11) is 14.3. The van der Waals surface area contributed by atoms with Gasteiger partial charge in [0.1, 0.15) is 55.9 Å². The van der Waals surface area contributed by atoms with Crippen molar-refractivity contribution in [3.05, 3.63) is 0 Å². The second-order valence-electron chi connectivity index (χ2n) is 52.1. The number of likely N-dealkylation sites (tertiary alicyclic amines) is 7. The van der Waals surface area contributed by atoms with Crippen LogP contribution in [-0.4, -0.2) is 310 Å². The van der Waals surface area contributed by atoms with Crippen LogP contribution >= 0.6 is 0 Å². The zero-order chi connectivity index (χ0) is 100.0. The van der Waals surface area contributed by atoms with E-state index in [1.807, 2.05) is 70.0 Å². The molecule has 0 amide bonds. The Kier molecular flexibility index (Phi) is 32.7. The van der Waals surface area contributed by atoms with E-state index in [0.29, 0.717) is 89.9 Å². The van der Waals surface area contributed by atoms with Gasteiger partial charge < -0.3 is 61.6 Å². The smallest absolute Gasteiger partial charge is 0.311 e. The summed E-state index contributed by atoms with van der Waals surface area (Å²) in [5.74, 6) is -16.1. The minimum absolute atomic E-state index is 0.0767. The van der Waals surface area contributed by atoms with E-state index in [4.69, 9.17) is 61.6 Å². The standard InChI is InChI=1S/C103H179N7O22/c1-87(2,58-120-75(111)40-71(80(115)128-66-48-93(13,14)106(35)94(15,16)49-66)72(81(116)129-67-50-95(17,18)107(36)96(19,20)51-67)41-77(113)126-64-44-89(5,6)104(33)90(7,8)45-64)85-122-60-103(61-123-85)62-124-86(125-63-103)88(3,4)59-121-76(112)42-73(82(117)130-68-52-97(21,22)108(37)98(23,24)53-68)79(84(119)132-70-56-101(29,30)110(39)102(31,32)57-70)74(83(118)131-69-54-99(25,26)109(38)100(27,28)55-69)43-78(114)127-65-46-91(9,10)105(34)92(11,12)47-65/h64-74,79,85-86H,40-63H2,1-39H3. The monoisotopic (exact) mass is 1870 g/mol. The zero-order valence-electron chi connectivity index (χ0n) is 89.2. The van der Waals surface area contributed by atoms with E-state index >= 15 is 33.6 Å². The lowest BCUT2D eigenvalue weighted by Crippen LogP contribution is -2.61. The fraction of sp³-hybridized carbons (Fsp3) is 0.913. The SMILES string of the molecule is CN1C(C)(C)CC(OC(=O)CC(C(=O)OC2CC(C)(C)N(C)C(C)(C)C2)C(CC(=O)OCC(C)(C)C2OCC3(CO2)COC(C(C)(C)COC(=O)CC(C(=O)OC2CC(C)(C)N(C)C(C)(C)C2)C(C(=O)OC2CC(C)(C)N(C)C(C)(C)C2)C(CC(=O)OC2CC(C)(C)N(C)C(C)(C)C2)C(=O)OC2CC(C)(C)N(C)C(C)(C)C2)OC3)C(=O)OC2CC(C)(C)N(C)C(C)(C)C2)CC1(C)C. The molecule has 0 aromatic carbocycles. The molecule has 0 N–H and O–H groups in total. The van der Waals surface area contributed by atoms with Crippen molar-refractivity contribution >= 4 is 53.7 Å². The number of carbonyl (C=O) groups excluding carboxylic acids is 9. The third-order valence-corrected chi connectivity index (χ3v) is 33.9. The van der Waals surface area contributed by atoms with Crippen molar-refractivity contribution in [2.45, 2.75) is 470 Å². The van der Waals surface area contributed by atoms with Crippen LogP contribution in [0.25, 0.3) is 0 Å². The number of hydrogen-bond acceptors (Lipinski definition) is 29. The molecule has 9 heterocycles. The quantitative estimate of drug-likeness (QED) is 0.0496. The average Bonchev–Trinajstić information content (AvgIpc) is 0.782. The van der Waals surface area contributed by atoms with Crippen LogP contribution in [0.5, 0.6) is 0 Å². The van der Waals surface area contributed by atoms with E-state index in [1.165, 1.54) is 0 Å². The number of carbonyl (C=O) groups is 9. The second-order valence-corrected chi connectivity index (χ2v) is 52.1. The largest absolute Gasteiger partial charge is 0.465 e. The molecule has 29 heteroatoms. The van der Waals surface area contributed by atoms with Crippen molar-refractivity contribution in [2.75, 3.05) is 89.0 Å². The van der Waals surface area contributed by atoms with Crippen LogP contribution in [0.4, 0.5) is 0 Å². The third kappa shape index (κ3) is 25.7. The highest BCUT2D eigenvalue weighted by Crippen LogP contribution is 2.50. The Morgan fingerprint density at radius 3 is 0.614 bits per heavy atom. The molecule has 9 aliphatic heterocycles. The lowest BCUT2D eigenvalue weighted by molar-refractivity contribution is -0.337. The first-order valence-electron chi connectivity index (χ1n) is 49.1. The van der Waals surface area contributed by atoms with Crippen molar-refractivity contribution in [2.24, 2.45) is 45.8 Å². The summed E-state index contributed by atoms with van der Waals surface area (Å²) in [6, 6.07) is 0. The van der Waals surface area contributed by atoms with E-state index in [-0.39, 0.29) is 50.7 Å². The maximum Gasteiger partial charge on any atom is 0.311 e. The number of esters is 9. The van der Waals surface area contributed by atoms with Crippen LogP contribution in [0.3, 0.4) is 0 Å². The third-order valence-electron chi connectivity index (χ3n) is 33.9. The summed E-state index contributed by atoms with van der Waals surface area (Å²) in [6.07, 6.45) is -2.87. The Labute approximate surface area is 793 Å². The van der Waals surface area contributed by atoms with Gasteiger partial charge in [0.05, 0.1) is 87.1 Å². The first-order chi connectivity index (χ1) is 59.7. The maximum atomic E-state index is 16.3. The van der Waals surface area contributed by atoms with Gasteiger partial charge in [-0.3, -0.25) is 77.5 Å². The van der Waals surface area contributed by atoms with E-state index in [9.17, 15) is 9.59 Å². The Bertz CT molecular complexity index is 3970. The number of rotatable bonds is 29. The fourth-order valence-corrected chi connectivity index (χ4v) is 24.1. The predicted octanol–water partition coefficient (Wildman–Crippen LogP) is 14.9. The molecule has 9 saturated heterocycles. The maximum absolute atomic E-state index is 16.3. The van der Waals surface area contributed by atoms with Crippen molar-refractivity contribution < 1.29 is 105 Å². The van der Waals surface area contributed by atoms with Crippen molar-refractivity contribution in [3.63, 3.8) is 0 Å². The fourth-order valence-electron chi connectivity index (χ4n) is 24.1. The predicted molar refractivity (Wildman–Crippen MR) is 504 cm³/mol. The number of nitrogens with zero attached hydrogens (tertiary/aromatic N) is 7. The van der Waals surface area contributed by atoms with Crippen LogP contribution in [0.1, 0.15) is 337 Å². The van der Waals surface area contributed by atoms with Crippen molar-refractivity contribution in [1.29, 1.82) is 0 Å². The topological polar surface area (TPSA) is 296 Å². The molecule has 9 rings (SSSR count). The minimum atomic E-state index is -1.85. The molecule has 5 atom stereocenters. The molecular formula is C103H179N7O22. The van der Waals surface area contributed by atoms with Crippen LogP contribution in [0.15, 0.2) is 0 Å². The molecule has 0 radical (unpaired) electrons. The van der Waals surface area contributed by atoms with Crippen LogP contribution in [-0.2, 0) is 105 Å². The van der Waals surface area contributed by atoms with Gasteiger partial charge in [-0.1, -0.05) is 27.7 Å². The average molecular weight is 1870 g/mol.